The van der Waals surface area contributed by atoms with Crippen LogP contribution < -0.4 is 0 Å². The van der Waals surface area contributed by atoms with E-state index in [0.717, 1.165) is 10.0 Å². The number of hydrogen-bond acceptors (Lipinski definition) is 5. The molecule has 0 amide bonds. The second-order valence-corrected chi connectivity index (χ2v) is 7.23. The third kappa shape index (κ3) is 6.40. The second kappa shape index (κ2) is 8.82. The highest BCUT2D eigenvalue weighted by Gasteiger charge is 2.49. The number of alkyl halides is 3. The summed E-state index contributed by atoms with van der Waals surface area (Å²) >= 11 is 3.27. The smallest absolute Gasteiger partial charge is 0.464 e. The van der Waals surface area contributed by atoms with Gasteiger partial charge in [-0.15, -0.1) is 0 Å². The second-order valence-electron chi connectivity index (χ2n) is 4.76. The Morgan fingerprint density at radius 1 is 1.25 bits per heavy atom. The molecule has 10 heteroatoms. The van der Waals surface area contributed by atoms with Gasteiger partial charge in [0.25, 0.3) is 0 Å². The zero-order valence-electron chi connectivity index (χ0n) is 12.7. The van der Waals surface area contributed by atoms with Crippen LogP contribution in [0.25, 0.3) is 0 Å². The Bertz CT molecular complexity index is 643. The average Bonchev–Trinajstić information content (AvgIpc) is 2.47. The van der Waals surface area contributed by atoms with Gasteiger partial charge in [0.05, 0.1) is 6.61 Å². The maximum Gasteiger partial charge on any atom is 0.523 e. The predicted octanol–water partition coefficient (Wildman–Crippen LogP) is 3.57. The lowest BCUT2D eigenvalue weighted by Crippen LogP contribution is -2.35. The van der Waals surface area contributed by atoms with Crippen LogP contribution in [-0.2, 0) is 30.3 Å². The molecule has 0 heterocycles. The SMILES string of the molecule is CCOC(=O)C(CCCc1ccc(Br)cc1)OS(=O)(=O)C(F)(F)F. The van der Waals surface area contributed by atoms with Crippen LogP contribution in [0.3, 0.4) is 0 Å². The van der Waals surface area contributed by atoms with Crippen molar-refractivity contribution in [2.45, 2.75) is 37.8 Å². The first-order valence-electron chi connectivity index (χ1n) is 6.97. The summed E-state index contributed by atoms with van der Waals surface area (Å²) in [6, 6.07) is 7.19. The molecule has 0 bridgehead atoms. The molecule has 0 aliphatic heterocycles. The maximum absolute atomic E-state index is 12.4. The van der Waals surface area contributed by atoms with Crippen LogP contribution in [0.15, 0.2) is 28.7 Å². The van der Waals surface area contributed by atoms with Crippen molar-refractivity contribution >= 4 is 32.0 Å². The Kier molecular flexibility index (Phi) is 7.68. The summed E-state index contributed by atoms with van der Waals surface area (Å²) < 4.78 is 68.8. The van der Waals surface area contributed by atoms with Crippen molar-refractivity contribution in [3.8, 4) is 0 Å². The van der Waals surface area contributed by atoms with Crippen molar-refractivity contribution in [1.82, 2.24) is 0 Å². The normalized spacial score (nSPS) is 13.5. The molecule has 136 valence electrons. The van der Waals surface area contributed by atoms with Gasteiger partial charge in [0.15, 0.2) is 6.10 Å². The lowest BCUT2D eigenvalue weighted by Gasteiger charge is -2.17. The van der Waals surface area contributed by atoms with Crippen molar-refractivity contribution in [3.05, 3.63) is 34.3 Å². The molecular weight excluding hydrogens is 417 g/mol. The summed E-state index contributed by atoms with van der Waals surface area (Å²) in [5.41, 5.74) is -4.71. The zero-order chi connectivity index (χ0) is 18.4. The van der Waals surface area contributed by atoms with Crippen LogP contribution in [0, 0.1) is 0 Å². The van der Waals surface area contributed by atoms with Gasteiger partial charge in [-0.3, -0.25) is 0 Å². The standard InChI is InChI=1S/C14H16BrF3O5S/c1-2-22-13(19)12(23-24(20,21)14(16,17)18)5-3-4-10-6-8-11(15)9-7-10/h6-9,12H,2-5H2,1H3. The molecule has 1 atom stereocenters. The topological polar surface area (TPSA) is 69.7 Å². The molecule has 0 aliphatic rings. The summed E-state index contributed by atoms with van der Waals surface area (Å²) in [5.74, 6) is -1.14. The average molecular weight is 433 g/mol. The van der Waals surface area contributed by atoms with E-state index in [4.69, 9.17) is 0 Å². The molecule has 0 spiro atoms. The number of esters is 1. The monoisotopic (exact) mass is 432 g/mol. The van der Waals surface area contributed by atoms with Crippen molar-refractivity contribution in [3.63, 3.8) is 0 Å². The minimum Gasteiger partial charge on any atom is -0.464 e. The molecule has 0 N–H and O–H groups in total. The molecule has 0 saturated heterocycles. The molecule has 0 radical (unpaired) electrons. The van der Waals surface area contributed by atoms with Crippen molar-refractivity contribution < 1.29 is 35.3 Å². The molecule has 1 rings (SSSR count). The summed E-state index contributed by atoms with van der Waals surface area (Å²) in [7, 11) is -5.87. The lowest BCUT2D eigenvalue weighted by molar-refractivity contribution is -0.152. The van der Waals surface area contributed by atoms with Crippen LogP contribution in [0.4, 0.5) is 13.2 Å². The summed E-state index contributed by atoms with van der Waals surface area (Å²) in [6.45, 7) is 1.35. The van der Waals surface area contributed by atoms with E-state index >= 15 is 0 Å². The Morgan fingerprint density at radius 3 is 2.33 bits per heavy atom. The number of halogens is 4. The molecule has 1 unspecified atom stereocenters. The molecule has 1 aromatic carbocycles. The van der Waals surface area contributed by atoms with E-state index in [9.17, 15) is 26.4 Å². The minimum atomic E-state index is -5.87. The molecule has 0 fully saturated rings. The minimum absolute atomic E-state index is 0.0997. The fourth-order valence-corrected chi connectivity index (χ4v) is 2.64. The quantitative estimate of drug-likeness (QED) is 0.356. The molecule has 24 heavy (non-hydrogen) atoms. The molecule has 1 aromatic rings. The number of hydrogen-bond donors (Lipinski definition) is 0. The van der Waals surface area contributed by atoms with Crippen LogP contribution >= 0.6 is 15.9 Å². The fourth-order valence-electron chi connectivity index (χ4n) is 1.79. The summed E-state index contributed by atoms with van der Waals surface area (Å²) in [6.07, 6.45) is -1.35. The van der Waals surface area contributed by atoms with Crippen LogP contribution in [-0.4, -0.2) is 32.6 Å². The van der Waals surface area contributed by atoms with Gasteiger partial charge in [0.1, 0.15) is 0 Å². The van der Waals surface area contributed by atoms with Crippen molar-refractivity contribution in [2.24, 2.45) is 0 Å². The third-order valence-corrected chi connectivity index (χ3v) is 4.50. The van der Waals surface area contributed by atoms with Gasteiger partial charge < -0.3 is 4.74 Å². The Labute approximate surface area is 146 Å². The molecular formula is C14H16BrF3O5S. The van der Waals surface area contributed by atoms with Gasteiger partial charge in [-0.2, -0.15) is 21.6 Å². The van der Waals surface area contributed by atoms with Crippen LogP contribution in [0.5, 0.6) is 0 Å². The van der Waals surface area contributed by atoms with Crippen molar-refractivity contribution in [2.75, 3.05) is 6.61 Å². The zero-order valence-corrected chi connectivity index (χ0v) is 15.1. The Balaban J connectivity index is 2.72. The first kappa shape index (κ1) is 20.9. The molecule has 0 aromatic heterocycles. The maximum atomic E-state index is 12.4. The van der Waals surface area contributed by atoms with Gasteiger partial charge in [0.2, 0.25) is 0 Å². The van der Waals surface area contributed by atoms with E-state index in [-0.39, 0.29) is 19.4 Å². The van der Waals surface area contributed by atoms with Gasteiger partial charge in [-0.25, -0.2) is 8.98 Å². The van der Waals surface area contributed by atoms with E-state index in [1.54, 1.807) is 24.3 Å². The molecule has 5 nitrogen and oxygen atoms in total. The lowest BCUT2D eigenvalue weighted by atomic mass is 10.1. The number of carbonyl (C=O) groups excluding carboxylic acids is 1. The number of aryl methyl sites for hydroxylation is 1. The summed E-state index contributed by atoms with van der Waals surface area (Å²) in [4.78, 5) is 11.6. The van der Waals surface area contributed by atoms with Crippen LogP contribution in [0.1, 0.15) is 25.3 Å². The van der Waals surface area contributed by atoms with E-state index in [0.29, 0.717) is 6.42 Å². The van der Waals surface area contributed by atoms with E-state index in [1.165, 1.54) is 6.92 Å². The number of rotatable bonds is 8. The highest BCUT2D eigenvalue weighted by atomic mass is 79.9. The number of ether oxygens (including phenoxy) is 1. The van der Waals surface area contributed by atoms with E-state index in [1.807, 2.05) is 0 Å². The van der Waals surface area contributed by atoms with Crippen LogP contribution in [0.2, 0.25) is 0 Å². The molecule has 0 aliphatic carbocycles. The fraction of sp³-hybridized carbons (Fsp3) is 0.500. The first-order valence-corrected chi connectivity index (χ1v) is 9.17. The largest absolute Gasteiger partial charge is 0.523 e. The predicted molar refractivity (Wildman–Crippen MR) is 83.6 cm³/mol. The third-order valence-electron chi connectivity index (χ3n) is 2.92. The Morgan fingerprint density at radius 2 is 1.83 bits per heavy atom. The highest BCUT2D eigenvalue weighted by molar-refractivity contribution is 9.10. The number of benzene rings is 1. The van der Waals surface area contributed by atoms with Gasteiger partial charge >= 0.3 is 21.6 Å². The van der Waals surface area contributed by atoms with E-state index < -0.39 is 27.7 Å². The van der Waals surface area contributed by atoms with Gasteiger partial charge in [0, 0.05) is 4.47 Å². The van der Waals surface area contributed by atoms with Gasteiger partial charge in [-0.05, 0) is 43.9 Å². The van der Waals surface area contributed by atoms with Crippen molar-refractivity contribution in [1.29, 1.82) is 0 Å². The van der Waals surface area contributed by atoms with Gasteiger partial charge in [-0.1, -0.05) is 28.1 Å². The highest BCUT2D eigenvalue weighted by Crippen LogP contribution is 2.27. The van der Waals surface area contributed by atoms with E-state index in [2.05, 4.69) is 24.8 Å². The molecule has 0 saturated carbocycles. The number of carbonyl (C=O) groups is 1. The first-order chi connectivity index (χ1) is 11.1. The Hall–Kier alpha value is -1.13. The summed E-state index contributed by atoms with van der Waals surface area (Å²) in [5, 5.41) is 0.